The summed E-state index contributed by atoms with van der Waals surface area (Å²) in [6.07, 6.45) is 4.18. The monoisotopic (exact) mass is 375 g/mol. The maximum atomic E-state index is 12.3. The number of hydrogen-bond donors (Lipinski definition) is 1. The van der Waals surface area contributed by atoms with E-state index in [2.05, 4.69) is 53.6 Å². The van der Waals surface area contributed by atoms with Gasteiger partial charge in [0.05, 0.1) is 0 Å². The Hall–Kier alpha value is -2.95. The van der Waals surface area contributed by atoms with Crippen molar-refractivity contribution in [2.45, 2.75) is 51.9 Å². The molecule has 1 aliphatic rings. The summed E-state index contributed by atoms with van der Waals surface area (Å²) < 4.78 is 5.32. The predicted octanol–water partition coefficient (Wildman–Crippen LogP) is 4.92. The Morgan fingerprint density at radius 1 is 1.11 bits per heavy atom. The van der Waals surface area contributed by atoms with Crippen molar-refractivity contribution in [3.63, 3.8) is 0 Å². The third-order valence-electron chi connectivity index (χ3n) is 5.25. The zero-order valence-corrected chi connectivity index (χ0v) is 16.4. The molecule has 0 unspecified atom stereocenters. The van der Waals surface area contributed by atoms with Gasteiger partial charge < -0.3 is 9.84 Å². The van der Waals surface area contributed by atoms with Crippen LogP contribution in [0.5, 0.6) is 0 Å². The summed E-state index contributed by atoms with van der Waals surface area (Å²) in [5.41, 5.74) is 5.81. The third kappa shape index (κ3) is 4.14. The van der Waals surface area contributed by atoms with Crippen LogP contribution in [0.1, 0.15) is 55.2 Å². The van der Waals surface area contributed by atoms with Crippen molar-refractivity contribution >= 4 is 11.6 Å². The molecule has 28 heavy (non-hydrogen) atoms. The van der Waals surface area contributed by atoms with E-state index in [9.17, 15) is 4.79 Å². The summed E-state index contributed by atoms with van der Waals surface area (Å²) in [6.45, 7) is 4.32. The van der Waals surface area contributed by atoms with Gasteiger partial charge in [-0.05, 0) is 54.0 Å². The van der Waals surface area contributed by atoms with E-state index in [-0.39, 0.29) is 5.91 Å². The number of carbonyl (C=O) groups is 1. The van der Waals surface area contributed by atoms with Crippen molar-refractivity contribution in [3.05, 3.63) is 65.0 Å². The largest absolute Gasteiger partial charge is 0.339 e. The molecule has 1 heterocycles. The summed E-state index contributed by atoms with van der Waals surface area (Å²) in [6, 6.07) is 14.4. The Morgan fingerprint density at radius 2 is 1.89 bits per heavy atom. The summed E-state index contributed by atoms with van der Waals surface area (Å²) >= 11 is 0. The van der Waals surface area contributed by atoms with Crippen molar-refractivity contribution in [2.75, 3.05) is 5.32 Å². The highest BCUT2D eigenvalue weighted by atomic mass is 16.5. The lowest BCUT2D eigenvalue weighted by atomic mass is 10.0. The van der Waals surface area contributed by atoms with E-state index in [4.69, 9.17) is 4.52 Å². The molecule has 5 nitrogen and oxygen atoms in total. The molecule has 3 aromatic rings. The smallest absolute Gasteiger partial charge is 0.227 e. The van der Waals surface area contributed by atoms with Crippen LogP contribution < -0.4 is 5.32 Å². The predicted molar refractivity (Wildman–Crippen MR) is 109 cm³/mol. The van der Waals surface area contributed by atoms with E-state index in [1.165, 1.54) is 23.1 Å². The highest BCUT2D eigenvalue weighted by Crippen LogP contribution is 2.25. The SMILES string of the molecule is CC(C)c1ccc(-c2noc(CCC(=O)Nc3ccc4c(c3)CCC4)n2)cc1. The van der Waals surface area contributed by atoms with E-state index in [1.807, 2.05) is 18.2 Å². The van der Waals surface area contributed by atoms with Crippen LogP contribution in [-0.4, -0.2) is 16.0 Å². The molecule has 0 spiro atoms. The highest BCUT2D eigenvalue weighted by Gasteiger charge is 2.14. The molecule has 0 atom stereocenters. The summed E-state index contributed by atoms with van der Waals surface area (Å²) in [5.74, 6) is 1.48. The normalized spacial score (nSPS) is 13.0. The number of aryl methyl sites for hydroxylation is 3. The van der Waals surface area contributed by atoms with E-state index < -0.39 is 0 Å². The first-order chi connectivity index (χ1) is 13.6. The topological polar surface area (TPSA) is 68.0 Å². The van der Waals surface area contributed by atoms with E-state index in [1.54, 1.807) is 0 Å². The van der Waals surface area contributed by atoms with Gasteiger partial charge in [-0.2, -0.15) is 4.98 Å². The second-order valence-electron chi connectivity index (χ2n) is 7.67. The third-order valence-corrected chi connectivity index (χ3v) is 5.25. The molecular formula is C23H25N3O2. The lowest BCUT2D eigenvalue weighted by Gasteiger charge is -2.06. The lowest BCUT2D eigenvalue weighted by molar-refractivity contribution is -0.116. The number of aromatic nitrogens is 2. The number of fused-ring (bicyclic) bond motifs is 1. The Kier molecular flexibility index (Phi) is 5.24. The van der Waals surface area contributed by atoms with Gasteiger partial charge in [0.25, 0.3) is 0 Å². The molecule has 5 heteroatoms. The van der Waals surface area contributed by atoms with E-state index >= 15 is 0 Å². The van der Waals surface area contributed by atoms with Gasteiger partial charge in [0.1, 0.15) is 0 Å². The fourth-order valence-electron chi connectivity index (χ4n) is 3.58. The summed E-state index contributed by atoms with van der Waals surface area (Å²) in [7, 11) is 0. The number of hydrogen-bond acceptors (Lipinski definition) is 4. The molecule has 0 bridgehead atoms. The van der Waals surface area contributed by atoms with Crippen molar-refractivity contribution < 1.29 is 9.32 Å². The first-order valence-corrected chi connectivity index (χ1v) is 9.93. The van der Waals surface area contributed by atoms with Gasteiger partial charge in [0, 0.05) is 24.1 Å². The zero-order chi connectivity index (χ0) is 19.5. The highest BCUT2D eigenvalue weighted by molar-refractivity contribution is 5.90. The number of benzene rings is 2. The van der Waals surface area contributed by atoms with Gasteiger partial charge >= 0.3 is 0 Å². The maximum absolute atomic E-state index is 12.3. The van der Waals surface area contributed by atoms with Gasteiger partial charge in [-0.15, -0.1) is 0 Å². The Labute approximate surface area is 165 Å². The number of nitrogens with one attached hydrogen (secondary N) is 1. The molecule has 0 saturated heterocycles. The summed E-state index contributed by atoms with van der Waals surface area (Å²) in [5, 5.41) is 7.01. The molecule has 1 amide bonds. The van der Waals surface area contributed by atoms with Crippen molar-refractivity contribution in [3.8, 4) is 11.4 Å². The molecule has 0 aliphatic heterocycles. The summed E-state index contributed by atoms with van der Waals surface area (Å²) in [4.78, 5) is 16.7. The number of nitrogens with zero attached hydrogens (tertiary/aromatic N) is 2. The molecular weight excluding hydrogens is 350 g/mol. The minimum Gasteiger partial charge on any atom is -0.339 e. The number of anilines is 1. The van der Waals surface area contributed by atoms with Gasteiger partial charge in [-0.3, -0.25) is 4.79 Å². The van der Waals surface area contributed by atoms with Gasteiger partial charge in [-0.25, -0.2) is 0 Å². The molecule has 1 aromatic heterocycles. The van der Waals surface area contributed by atoms with Crippen LogP contribution >= 0.6 is 0 Å². The second kappa shape index (κ2) is 7.97. The van der Waals surface area contributed by atoms with E-state index in [0.29, 0.717) is 30.5 Å². The van der Waals surface area contributed by atoms with Crippen LogP contribution in [0.2, 0.25) is 0 Å². The molecule has 0 saturated carbocycles. The van der Waals surface area contributed by atoms with Crippen LogP contribution in [0.15, 0.2) is 47.0 Å². The lowest BCUT2D eigenvalue weighted by Crippen LogP contribution is -2.12. The molecule has 2 aromatic carbocycles. The molecule has 0 fully saturated rings. The van der Waals surface area contributed by atoms with Crippen LogP contribution in [0.4, 0.5) is 5.69 Å². The average molecular weight is 375 g/mol. The standard InChI is InChI=1S/C23H25N3O2/c1-15(2)16-6-8-18(9-7-16)23-25-22(28-26-23)13-12-21(27)24-20-11-10-17-4-3-5-19(17)14-20/h6-11,14-15H,3-5,12-13H2,1-2H3,(H,24,27). The van der Waals surface area contributed by atoms with Gasteiger partial charge in [0.15, 0.2) is 0 Å². The fourth-order valence-corrected chi connectivity index (χ4v) is 3.58. The first-order valence-electron chi connectivity index (χ1n) is 9.93. The fraction of sp³-hybridized carbons (Fsp3) is 0.348. The van der Waals surface area contributed by atoms with E-state index in [0.717, 1.165) is 24.1 Å². The maximum Gasteiger partial charge on any atom is 0.227 e. The molecule has 144 valence electrons. The Bertz CT molecular complexity index is 974. The van der Waals surface area contributed by atoms with Crippen molar-refractivity contribution in [1.29, 1.82) is 0 Å². The second-order valence-corrected chi connectivity index (χ2v) is 7.67. The van der Waals surface area contributed by atoms with Crippen LogP contribution in [0.25, 0.3) is 11.4 Å². The minimum atomic E-state index is -0.0426. The molecule has 1 aliphatic carbocycles. The molecule has 4 rings (SSSR count). The molecule has 0 radical (unpaired) electrons. The number of rotatable bonds is 6. The quantitative estimate of drug-likeness (QED) is 0.664. The number of carbonyl (C=O) groups excluding carboxylic acids is 1. The Balaban J connectivity index is 1.33. The first kappa shape index (κ1) is 18.4. The van der Waals surface area contributed by atoms with Gasteiger partial charge in [-0.1, -0.05) is 49.3 Å². The Morgan fingerprint density at radius 3 is 2.68 bits per heavy atom. The van der Waals surface area contributed by atoms with Crippen LogP contribution in [0, 0.1) is 0 Å². The van der Waals surface area contributed by atoms with Crippen LogP contribution in [0.3, 0.4) is 0 Å². The average Bonchev–Trinajstić information content (AvgIpc) is 3.35. The zero-order valence-electron chi connectivity index (χ0n) is 16.4. The van der Waals surface area contributed by atoms with Crippen molar-refractivity contribution in [2.24, 2.45) is 0 Å². The van der Waals surface area contributed by atoms with Gasteiger partial charge in [0.2, 0.25) is 17.6 Å². The molecule has 1 N–H and O–H groups in total. The number of amides is 1. The van der Waals surface area contributed by atoms with Crippen molar-refractivity contribution in [1.82, 2.24) is 10.1 Å². The minimum absolute atomic E-state index is 0.0426. The van der Waals surface area contributed by atoms with Crippen LogP contribution in [-0.2, 0) is 24.1 Å².